The largest absolute Gasteiger partial charge is 0.469 e. The standard InChI is InChI=1S/C12H17N3O3S/c1-17-7-6-15(5-3-4-13)12-14-10(9-19-12)8-11(16)18-2/h9H,3,5-8H2,1-2H3. The Hall–Kier alpha value is -1.65. The molecule has 0 unspecified atom stereocenters. The fraction of sp³-hybridized carbons (Fsp3) is 0.583. The summed E-state index contributed by atoms with van der Waals surface area (Å²) in [6, 6.07) is 2.11. The molecular formula is C12H17N3O3S. The van der Waals surface area contributed by atoms with Crippen molar-refractivity contribution in [3.05, 3.63) is 11.1 Å². The van der Waals surface area contributed by atoms with Gasteiger partial charge in [-0.05, 0) is 0 Å². The van der Waals surface area contributed by atoms with E-state index in [1.165, 1.54) is 18.4 Å². The van der Waals surface area contributed by atoms with Gasteiger partial charge in [-0.3, -0.25) is 4.79 Å². The minimum Gasteiger partial charge on any atom is -0.469 e. The number of thiazole rings is 1. The van der Waals surface area contributed by atoms with Gasteiger partial charge in [0.15, 0.2) is 5.13 Å². The van der Waals surface area contributed by atoms with Gasteiger partial charge < -0.3 is 14.4 Å². The first-order valence-corrected chi connectivity index (χ1v) is 6.71. The molecular weight excluding hydrogens is 266 g/mol. The summed E-state index contributed by atoms with van der Waals surface area (Å²) < 4.78 is 9.64. The van der Waals surface area contributed by atoms with Crippen LogP contribution in [0.15, 0.2) is 5.38 Å². The van der Waals surface area contributed by atoms with Crippen molar-refractivity contribution in [3.63, 3.8) is 0 Å². The molecule has 0 spiro atoms. The van der Waals surface area contributed by atoms with Crippen LogP contribution >= 0.6 is 11.3 Å². The van der Waals surface area contributed by atoms with Gasteiger partial charge in [0.1, 0.15) is 0 Å². The fourth-order valence-corrected chi connectivity index (χ4v) is 2.31. The van der Waals surface area contributed by atoms with Crippen LogP contribution in [0.25, 0.3) is 0 Å². The third-order valence-corrected chi connectivity index (χ3v) is 3.37. The molecule has 1 aromatic rings. The van der Waals surface area contributed by atoms with E-state index in [4.69, 9.17) is 10.00 Å². The van der Waals surface area contributed by atoms with E-state index in [1.54, 1.807) is 7.11 Å². The molecule has 19 heavy (non-hydrogen) atoms. The highest BCUT2D eigenvalue weighted by atomic mass is 32.1. The maximum atomic E-state index is 11.2. The Morgan fingerprint density at radius 1 is 1.53 bits per heavy atom. The van der Waals surface area contributed by atoms with Gasteiger partial charge in [0.05, 0.1) is 38.3 Å². The van der Waals surface area contributed by atoms with Gasteiger partial charge >= 0.3 is 5.97 Å². The summed E-state index contributed by atoms with van der Waals surface area (Å²) in [5.41, 5.74) is 0.686. The van der Waals surface area contributed by atoms with E-state index in [1.807, 2.05) is 10.3 Å². The quantitative estimate of drug-likeness (QED) is 0.668. The molecule has 0 saturated heterocycles. The van der Waals surface area contributed by atoms with Crippen LogP contribution in [-0.4, -0.2) is 44.9 Å². The number of hydrogen-bond donors (Lipinski definition) is 0. The van der Waals surface area contributed by atoms with Gasteiger partial charge in [0, 0.05) is 25.6 Å². The van der Waals surface area contributed by atoms with E-state index >= 15 is 0 Å². The number of carbonyl (C=O) groups is 1. The highest BCUT2D eigenvalue weighted by Crippen LogP contribution is 2.21. The molecule has 0 fully saturated rings. The van der Waals surface area contributed by atoms with E-state index in [0.29, 0.717) is 31.8 Å². The second kappa shape index (κ2) is 8.45. The Balaban J connectivity index is 2.67. The molecule has 1 aromatic heterocycles. The van der Waals surface area contributed by atoms with Crippen molar-refractivity contribution < 1.29 is 14.3 Å². The van der Waals surface area contributed by atoms with E-state index < -0.39 is 0 Å². The summed E-state index contributed by atoms with van der Waals surface area (Å²) in [5.74, 6) is -0.308. The lowest BCUT2D eigenvalue weighted by molar-refractivity contribution is -0.139. The molecule has 0 aliphatic rings. The second-order valence-electron chi connectivity index (χ2n) is 3.76. The highest BCUT2D eigenvalue weighted by molar-refractivity contribution is 7.13. The van der Waals surface area contributed by atoms with Gasteiger partial charge in [-0.25, -0.2) is 4.98 Å². The third-order valence-electron chi connectivity index (χ3n) is 2.42. The number of esters is 1. The molecule has 0 aliphatic carbocycles. The van der Waals surface area contributed by atoms with Crippen LogP contribution in [0.1, 0.15) is 12.1 Å². The number of hydrogen-bond acceptors (Lipinski definition) is 7. The van der Waals surface area contributed by atoms with E-state index in [2.05, 4.69) is 15.8 Å². The maximum Gasteiger partial charge on any atom is 0.311 e. The minimum atomic E-state index is -0.308. The normalized spacial score (nSPS) is 9.95. The van der Waals surface area contributed by atoms with Gasteiger partial charge in [-0.1, -0.05) is 0 Å². The molecule has 0 radical (unpaired) electrons. The first-order valence-electron chi connectivity index (χ1n) is 5.83. The van der Waals surface area contributed by atoms with Gasteiger partial charge in [0.2, 0.25) is 0 Å². The zero-order valence-corrected chi connectivity index (χ0v) is 11.9. The van der Waals surface area contributed by atoms with Crippen molar-refractivity contribution in [2.24, 2.45) is 0 Å². The number of nitriles is 1. The van der Waals surface area contributed by atoms with Crippen LogP contribution in [0, 0.1) is 11.3 Å². The first kappa shape index (κ1) is 15.4. The molecule has 6 nitrogen and oxygen atoms in total. The second-order valence-corrected chi connectivity index (χ2v) is 4.60. The third kappa shape index (κ3) is 5.24. The molecule has 0 aliphatic heterocycles. The van der Waals surface area contributed by atoms with Crippen molar-refractivity contribution >= 4 is 22.4 Å². The number of ether oxygens (including phenoxy) is 2. The molecule has 0 N–H and O–H groups in total. The summed E-state index contributed by atoms with van der Waals surface area (Å²) in [4.78, 5) is 17.5. The Morgan fingerprint density at radius 2 is 2.32 bits per heavy atom. The van der Waals surface area contributed by atoms with Crippen molar-refractivity contribution in [2.75, 3.05) is 38.8 Å². The van der Waals surface area contributed by atoms with E-state index in [-0.39, 0.29) is 12.4 Å². The van der Waals surface area contributed by atoms with Gasteiger partial charge in [0.25, 0.3) is 0 Å². The average Bonchev–Trinajstić information content (AvgIpc) is 2.87. The molecule has 0 atom stereocenters. The van der Waals surface area contributed by atoms with Gasteiger partial charge in [-0.15, -0.1) is 11.3 Å². The number of aromatic nitrogens is 1. The summed E-state index contributed by atoms with van der Waals surface area (Å²) in [7, 11) is 2.99. The lowest BCUT2D eigenvalue weighted by atomic mass is 10.3. The zero-order chi connectivity index (χ0) is 14.1. The highest BCUT2D eigenvalue weighted by Gasteiger charge is 2.13. The Labute approximate surface area is 116 Å². The number of methoxy groups -OCH3 is 2. The topological polar surface area (TPSA) is 75.5 Å². The van der Waals surface area contributed by atoms with Crippen LogP contribution in [0.5, 0.6) is 0 Å². The first-order chi connectivity index (χ1) is 9.21. The molecule has 0 bridgehead atoms. The summed E-state index contributed by atoms with van der Waals surface area (Å²) in [6.07, 6.45) is 0.596. The smallest absolute Gasteiger partial charge is 0.311 e. The molecule has 1 heterocycles. The molecule has 7 heteroatoms. The monoisotopic (exact) mass is 283 g/mol. The van der Waals surface area contributed by atoms with Crippen LogP contribution in [0.2, 0.25) is 0 Å². The zero-order valence-electron chi connectivity index (χ0n) is 11.1. The molecule has 104 valence electrons. The minimum absolute atomic E-state index is 0.170. The summed E-state index contributed by atoms with van der Waals surface area (Å²) in [6.45, 7) is 1.84. The molecule has 1 rings (SSSR count). The summed E-state index contributed by atoms with van der Waals surface area (Å²) >= 11 is 1.45. The number of anilines is 1. The predicted molar refractivity (Wildman–Crippen MR) is 72.2 cm³/mol. The number of carbonyl (C=O) groups excluding carboxylic acids is 1. The predicted octanol–water partition coefficient (Wildman–Crippen LogP) is 1.23. The van der Waals surface area contributed by atoms with E-state index in [0.717, 1.165) is 5.13 Å². The van der Waals surface area contributed by atoms with Crippen molar-refractivity contribution in [1.82, 2.24) is 4.98 Å². The number of rotatable bonds is 8. The van der Waals surface area contributed by atoms with Gasteiger partial charge in [-0.2, -0.15) is 5.26 Å². The molecule has 0 saturated carbocycles. The SMILES string of the molecule is COCCN(CCC#N)c1nc(CC(=O)OC)cs1. The van der Waals surface area contributed by atoms with Crippen LogP contribution in [0.4, 0.5) is 5.13 Å². The lowest BCUT2D eigenvalue weighted by Gasteiger charge is -2.19. The molecule has 0 aromatic carbocycles. The Bertz CT molecular complexity index is 442. The van der Waals surface area contributed by atoms with Crippen molar-refractivity contribution in [2.45, 2.75) is 12.8 Å². The lowest BCUT2D eigenvalue weighted by Crippen LogP contribution is -2.28. The maximum absolute atomic E-state index is 11.2. The van der Waals surface area contributed by atoms with Crippen LogP contribution < -0.4 is 4.90 Å². The average molecular weight is 283 g/mol. The van der Waals surface area contributed by atoms with Crippen LogP contribution in [-0.2, 0) is 20.7 Å². The van der Waals surface area contributed by atoms with Crippen molar-refractivity contribution in [3.8, 4) is 6.07 Å². The van der Waals surface area contributed by atoms with E-state index in [9.17, 15) is 4.79 Å². The van der Waals surface area contributed by atoms with Crippen molar-refractivity contribution in [1.29, 1.82) is 5.26 Å². The summed E-state index contributed by atoms with van der Waals surface area (Å²) in [5, 5.41) is 11.3. The number of nitrogens with zero attached hydrogens (tertiary/aromatic N) is 3. The fourth-order valence-electron chi connectivity index (χ4n) is 1.43. The molecule has 0 amide bonds. The Morgan fingerprint density at radius 3 is 2.95 bits per heavy atom. The van der Waals surface area contributed by atoms with Crippen LogP contribution in [0.3, 0.4) is 0 Å². The Kier molecular flexibility index (Phi) is 6.85.